The molecule has 0 amide bonds. The summed E-state index contributed by atoms with van der Waals surface area (Å²) < 4.78 is 6.99. The van der Waals surface area contributed by atoms with Gasteiger partial charge in [0.2, 0.25) is 5.16 Å². The minimum absolute atomic E-state index is 0.0693. The molecule has 3 aromatic rings. The molecule has 9 nitrogen and oxygen atoms in total. The molecule has 2 aromatic carbocycles. The quantitative estimate of drug-likeness (QED) is 0.285. The zero-order valence-electron chi connectivity index (χ0n) is 14.7. The number of aromatic nitrogens is 4. The highest BCUT2D eigenvalue weighted by molar-refractivity contribution is 7.99. The Hall–Kier alpha value is -3.27. The molecule has 10 heteroatoms. The summed E-state index contributed by atoms with van der Waals surface area (Å²) in [5, 5.41) is 22.7. The molecule has 0 bridgehead atoms. The van der Waals surface area contributed by atoms with Crippen molar-refractivity contribution in [3.05, 3.63) is 63.2 Å². The number of benzene rings is 2. The summed E-state index contributed by atoms with van der Waals surface area (Å²) in [4.78, 5) is 23.8. The summed E-state index contributed by atoms with van der Waals surface area (Å²) in [6.07, 6.45) is 0. The van der Waals surface area contributed by atoms with Crippen LogP contribution in [0.2, 0.25) is 0 Å². The SMILES string of the molecule is Cc1cccc(C)c1OC(=O)c1cc([N+](=O)[O-])ccc1Sc1nnnn1C. The predicted molar refractivity (Wildman–Crippen MR) is 96.9 cm³/mol. The number of carbonyl (C=O) groups is 1. The molecule has 0 N–H and O–H groups in total. The van der Waals surface area contributed by atoms with E-state index in [1.54, 1.807) is 7.05 Å². The summed E-state index contributed by atoms with van der Waals surface area (Å²) in [5.41, 5.74) is 1.45. The number of nitro groups is 1. The lowest BCUT2D eigenvalue weighted by atomic mass is 10.1. The van der Waals surface area contributed by atoms with Gasteiger partial charge in [-0.3, -0.25) is 10.1 Å². The molecule has 0 radical (unpaired) electrons. The zero-order valence-corrected chi connectivity index (χ0v) is 15.6. The molecule has 0 saturated carbocycles. The molecule has 1 heterocycles. The van der Waals surface area contributed by atoms with Crippen LogP contribution in [0.4, 0.5) is 5.69 Å². The Morgan fingerprint density at radius 3 is 2.52 bits per heavy atom. The normalized spacial score (nSPS) is 10.6. The molecule has 138 valence electrons. The first-order chi connectivity index (χ1) is 12.9. The smallest absolute Gasteiger partial charge is 0.344 e. The molecule has 0 aliphatic heterocycles. The minimum atomic E-state index is -0.686. The number of hydrogen-bond acceptors (Lipinski definition) is 8. The van der Waals surface area contributed by atoms with Crippen molar-refractivity contribution in [2.24, 2.45) is 7.05 Å². The van der Waals surface area contributed by atoms with Crippen LogP contribution >= 0.6 is 11.8 Å². The number of para-hydroxylation sites is 1. The summed E-state index contributed by atoms with van der Waals surface area (Å²) in [5.74, 6) is -0.251. The average Bonchev–Trinajstić information content (AvgIpc) is 3.03. The molecule has 3 rings (SSSR count). The third-order valence-electron chi connectivity index (χ3n) is 3.78. The third-order valence-corrected chi connectivity index (χ3v) is 4.88. The van der Waals surface area contributed by atoms with Crippen molar-refractivity contribution in [2.75, 3.05) is 0 Å². The van der Waals surface area contributed by atoms with E-state index in [9.17, 15) is 14.9 Å². The number of ether oxygens (including phenoxy) is 1. The van der Waals surface area contributed by atoms with Gasteiger partial charge in [-0.25, -0.2) is 9.48 Å². The summed E-state index contributed by atoms with van der Waals surface area (Å²) >= 11 is 1.12. The van der Waals surface area contributed by atoms with Crippen LogP contribution in [0, 0.1) is 24.0 Å². The van der Waals surface area contributed by atoms with Crippen molar-refractivity contribution >= 4 is 23.4 Å². The van der Waals surface area contributed by atoms with Crippen LogP contribution < -0.4 is 4.74 Å². The van der Waals surface area contributed by atoms with Crippen LogP contribution in [0.15, 0.2) is 46.5 Å². The van der Waals surface area contributed by atoms with Gasteiger partial charge in [0.25, 0.3) is 5.69 Å². The highest BCUT2D eigenvalue weighted by Crippen LogP contribution is 2.32. The maximum Gasteiger partial charge on any atom is 0.344 e. The van der Waals surface area contributed by atoms with Crippen LogP contribution in [0.5, 0.6) is 5.75 Å². The van der Waals surface area contributed by atoms with Gasteiger partial charge in [-0.1, -0.05) is 18.2 Å². The van der Waals surface area contributed by atoms with Crippen molar-refractivity contribution in [2.45, 2.75) is 23.9 Å². The second kappa shape index (κ2) is 7.54. The number of esters is 1. The first-order valence-electron chi connectivity index (χ1n) is 7.84. The fraction of sp³-hybridized carbons (Fsp3) is 0.176. The van der Waals surface area contributed by atoms with Gasteiger partial charge in [0.15, 0.2) is 0 Å². The fourth-order valence-corrected chi connectivity index (χ4v) is 3.22. The van der Waals surface area contributed by atoms with Crippen molar-refractivity contribution in [3.8, 4) is 5.75 Å². The Balaban J connectivity index is 2.00. The fourth-order valence-electron chi connectivity index (χ4n) is 2.39. The van der Waals surface area contributed by atoms with Crippen LogP contribution in [-0.4, -0.2) is 31.1 Å². The molecule has 0 unspecified atom stereocenters. The van der Waals surface area contributed by atoms with Crippen LogP contribution in [0.25, 0.3) is 0 Å². The highest BCUT2D eigenvalue weighted by Gasteiger charge is 2.22. The van der Waals surface area contributed by atoms with E-state index in [1.165, 1.54) is 22.9 Å². The monoisotopic (exact) mass is 385 g/mol. The second-order valence-corrected chi connectivity index (χ2v) is 6.74. The van der Waals surface area contributed by atoms with E-state index >= 15 is 0 Å². The number of carbonyl (C=O) groups excluding carboxylic acids is 1. The first kappa shape index (κ1) is 18.5. The number of nitrogens with zero attached hydrogens (tertiary/aromatic N) is 5. The van der Waals surface area contributed by atoms with Gasteiger partial charge >= 0.3 is 5.97 Å². The van der Waals surface area contributed by atoms with Crippen molar-refractivity contribution in [3.63, 3.8) is 0 Å². The molecule has 0 atom stereocenters. The minimum Gasteiger partial charge on any atom is -0.422 e. The zero-order chi connectivity index (χ0) is 19.6. The van der Waals surface area contributed by atoms with E-state index in [1.807, 2.05) is 32.0 Å². The lowest BCUT2D eigenvalue weighted by molar-refractivity contribution is -0.384. The molecule has 0 spiro atoms. The molecule has 1 aromatic heterocycles. The van der Waals surface area contributed by atoms with Crippen LogP contribution in [0.1, 0.15) is 21.5 Å². The Kier molecular flexibility index (Phi) is 5.17. The third kappa shape index (κ3) is 3.95. The van der Waals surface area contributed by atoms with E-state index in [2.05, 4.69) is 15.5 Å². The van der Waals surface area contributed by atoms with E-state index in [4.69, 9.17) is 4.74 Å². The summed E-state index contributed by atoms with van der Waals surface area (Å²) in [6, 6.07) is 9.51. The lowest BCUT2D eigenvalue weighted by Crippen LogP contribution is -2.12. The van der Waals surface area contributed by atoms with Gasteiger partial charge in [0.1, 0.15) is 5.75 Å². The van der Waals surface area contributed by atoms with E-state index in [0.717, 1.165) is 22.9 Å². The van der Waals surface area contributed by atoms with E-state index in [-0.39, 0.29) is 11.3 Å². The Labute approximate surface area is 158 Å². The maximum absolute atomic E-state index is 12.8. The second-order valence-electron chi connectivity index (χ2n) is 5.74. The van der Waals surface area contributed by atoms with Gasteiger partial charge in [-0.2, -0.15) is 0 Å². The van der Waals surface area contributed by atoms with Gasteiger partial charge in [0.05, 0.1) is 10.5 Å². The predicted octanol–water partition coefficient (Wildman–Crippen LogP) is 3.11. The van der Waals surface area contributed by atoms with E-state index < -0.39 is 10.9 Å². The molecule has 0 saturated heterocycles. The Morgan fingerprint density at radius 2 is 1.93 bits per heavy atom. The summed E-state index contributed by atoms with van der Waals surface area (Å²) in [7, 11) is 1.66. The molecule has 27 heavy (non-hydrogen) atoms. The number of nitro benzene ring substituents is 1. The average molecular weight is 385 g/mol. The molecular weight excluding hydrogens is 370 g/mol. The van der Waals surface area contributed by atoms with Gasteiger partial charge in [-0.05, 0) is 53.2 Å². The number of tetrazole rings is 1. The number of hydrogen-bond donors (Lipinski definition) is 0. The number of non-ortho nitro benzene ring substituents is 1. The summed E-state index contributed by atoms with van der Waals surface area (Å²) in [6.45, 7) is 3.65. The van der Waals surface area contributed by atoms with Gasteiger partial charge < -0.3 is 4.74 Å². The maximum atomic E-state index is 12.8. The standard InChI is InChI=1S/C17H15N5O4S/c1-10-5-4-6-11(2)15(10)26-16(23)13-9-12(22(24)25)7-8-14(13)27-17-18-19-20-21(17)3/h4-9H,1-3H3. The van der Waals surface area contributed by atoms with Gasteiger partial charge in [0, 0.05) is 24.1 Å². The topological polar surface area (TPSA) is 113 Å². The Bertz CT molecular complexity index is 1010. The highest BCUT2D eigenvalue weighted by atomic mass is 32.2. The number of rotatable bonds is 5. The first-order valence-corrected chi connectivity index (χ1v) is 8.65. The molecule has 0 aliphatic carbocycles. The number of aryl methyl sites for hydroxylation is 3. The van der Waals surface area contributed by atoms with Crippen molar-refractivity contribution < 1.29 is 14.5 Å². The van der Waals surface area contributed by atoms with Crippen molar-refractivity contribution in [1.82, 2.24) is 20.2 Å². The molecular formula is C17H15N5O4S. The van der Waals surface area contributed by atoms with Crippen molar-refractivity contribution in [1.29, 1.82) is 0 Å². The van der Waals surface area contributed by atoms with Crippen LogP contribution in [0.3, 0.4) is 0 Å². The van der Waals surface area contributed by atoms with E-state index in [0.29, 0.717) is 15.8 Å². The lowest BCUT2D eigenvalue weighted by Gasteiger charge is -2.12. The van der Waals surface area contributed by atoms with Gasteiger partial charge in [-0.15, -0.1) is 5.10 Å². The molecule has 0 fully saturated rings. The largest absolute Gasteiger partial charge is 0.422 e. The molecule has 0 aliphatic rings. The Morgan fingerprint density at radius 1 is 1.22 bits per heavy atom. The van der Waals surface area contributed by atoms with Crippen LogP contribution in [-0.2, 0) is 7.05 Å².